The Morgan fingerprint density at radius 3 is 2.50 bits per heavy atom. The summed E-state index contributed by atoms with van der Waals surface area (Å²) in [7, 11) is 0. The second-order valence-corrected chi connectivity index (χ2v) is 3.37. The Hall–Kier alpha value is -0.860. The summed E-state index contributed by atoms with van der Waals surface area (Å²) in [4.78, 5) is 13.9. The van der Waals surface area contributed by atoms with Gasteiger partial charge in [0.25, 0.3) is 0 Å². The van der Waals surface area contributed by atoms with Crippen molar-refractivity contribution in [1.29, 1.82) is 0 Å². The minimum atomic E-state index is 0.187. The van der Waals surface area contributed by atoms with Crippen molar-refractivity contribution in [3.63, 3.8) is 0 Å². The molecule has 0 aromatic heterocycles. The number of halogens is 1. The van der Waals surface area contributed by atoms with Crippen LogP contribution in [0.15, 0.2) is 24.3 Å². The fraction of sp³-hybridized carbons (Fsp3) is 0.364. The molecule has 0 radical (unpaired) electrons. The summed E-state index contributed by atoms with van der Waals surface area (Å²) in [6, 6.07) is 7.68. The third kappa shape index (κ3) is 3.13. The minimum Gasteiger partial charge on any atom is -0.294 e. The minimum absolute atomic E-state index is 0.187. The average Bonchev–Trinajstić information content (AvgIpc) is 2.26. The molecule has 0 bridgehead atoms. The van der Waals surface area contributed by atoms with Crippen LogP contribution in [-0.4, -0.2) is 12.3 Å². The maximum absolute atomic E-state index is 11.3. The molecule has 0 aliphatic carbocycles. The molecule has 0 unspecified atom stereocenters. The lowest BCUT2D eigenvalue weighted by molar-refractivity contribution is 0.0988. The standard InChI is InChI=1S/C11H14ClNO/c1-2-11(14)10-5-3-9(4-6-10)7-8-13-12/h3-6,13H,2,7-8H2,1H3. The Morgan fingerprint density at radius 2 is 2.00 bits per heavy atom. The monoisotopic (exact) mass is 211 g/mol. The lowest BCUT2D eigenvalue weighted by Crippen LogP contribution is -2.04. The first-order valence-electron chi connectivity index (χ1n) is 4.73. The van der Waals surface area contributed by atoms with Gasteiger partial charge < -0.3 is 0 Å². The predicted molar refractivity (Wildman–Crippen MR) is 58.6 cm³/mol. The van der Waals surface area contributed by atoms with Gasteiger partial charge in [-0.1, -0.05) is 31.2 Å². The highest BCUT2D eigenvalue weighted by atomic mass is 35.5. The van der Waals surface area contributed by atoms with E-state index in [1.807, 2.05) is 31.2 Å². The largest absolute Gasteiger partial charge is 0.294 e. The quantitative estimate of drug-likeness (QED) is 0.599. The molecule has 0 spiro atoms. The highest BCUT2D eigenvalue weighted by molar-refractivity contribution is 6.13. The zero-order valence-electron chi connectivity index (χ0n) is 8.22. The first-order chi connectivity index (χ1) is 6.77. The van der Waals surface area contributed by atoms with Crippen LogP contribution in [0.1, 0.15) is 29.3 Å². The van der Waals surface area contributed by atoms with Crippen LogP contribution < -0.4 is 4.84 Å². The van der Waals surface area contributed by atoms with E-state index in [1.54, 1.807) is 0 Å². The maximum atomic E-state index is 11.3. The predicted octanol–water partition coefficient (Wildman–Crippen LogP) is 2.57. The lowest BCUT2D eigenvalue weighted by atomic mass is 10.1. The number of rotatable bonds is 5. The number of nitrogens with one attached hydrogen (secondary N) is 1. The first-order valence-corrected chi connectivity index (χ1v) is 5.11. The van der Waals surface area contributed by atoms with Crippen LogP contribution in [0.4, 0.5) is 0 Å². The van der Waals surface area contributed by atoms with E-state index < -0.39 is 0 Å². The van der Waals surface area contributed by atoms with E-state index in [1.165, 1.54) is 5.56 Å². The van der Waals surface area contributed by atoms with Gasteiger partial charge in [-0.3, -0.25) is 4.79 Å². The number of hydrogen-bond acceptors (Lipinski definition) is 2. The summed E-state index contributed by atoms with van der Waals surface area (Å²) in [5.41, 5.74) is 1.97. The Morgan fingerprint density at radius 1 is 1.36 bits per heavy atom. The third-order valence-corrected chi connectivity index (χ3v) is 2.29. The molecule has 1 aromatic rings. The van der Waals surface area contributed by atoms with Crippen LogP contribution in [0.2, 0.25) is 0 Å². The zero-order valence-corrected chi connectivity index (χ0v) is 8.97. The van der Waals surface area contributed by atoms with Crippen molar-refractivity contribution in [2.45, 2.75) is 19.8 Å². The number of carbonyl (C=O) groups is 1. The fourth-order valence-electron chi connectivity index (χ4n) is 1.25. The second kappa shape index (κ2) is 5.78. The van der Waals surface area contributed by atoms with Crippen molar-refractivity contribution < 1.29 is 4.79 Å². The fourth-order valence-corrected chi connectivity index (χ4v) is 1.35. The maximum Gasteiger partial charge on any atom is 0.162 e. The van der Waals surface area contributed by atoms with E-state index in [2.05, 4.69) is 4.84 Å². The molecule has 76 valence electrons. The molecule has 0 aliphatic heterocycles. The van der Waals surface area contributed by atoms with Gasteiger partial charge in [-0.25, -0.2) is 4.84 Å². The van der Waals surface area contributed by atoms with Crippen LogP contribution in [0.5, 0.6) is 0 Å². The van der Waals surface area contributed by atoms with Gasteiger partial charge in [0.15, 0.2) is 5.78 Å². The smallest absolute Gasteiger partial charge is 0.162 e. The van der Waals surface area contributed by atoms with Gasteiger partial charge >= 0.3 is 0 Å². The molecule has 14 heavy (non-hydrogen) atoms. The van der Waals surface area contributed by atoms with Crippen molar-refractivity contribution in [2.75, 3.05) is 6.54 Å². The topological polar surface area (TPSA) is 29.1 Å². The highest BCUT2D eigenvalue weighted by Crippen LogP contribution is 2.07. The number of Topliss-reactive ketones (excluding diaryl/α,β-unsaturated/α-hetero) is 1. The van der Waals surface area contributed by atoms with Crippen molar-refractivity contribution in [3.8, 4) is 0 Å². The summed E-state index contributed by atoms with van der Waals surface area (Å²) >= 11 is 5.35. The molecule has 0 aliphatic rings. The van der Waals surface area contributed by atoms with E-state index in [-0.39, 0.29) is 5.78 Å². The Kier molecular flexibility index (Phi) is 4.63. The van der Waals surface area contributed by atoms with E-state index in [0.29, 0.717) is 6.42 Å². The van der Waals surface area contributed by atoms with Crippen LogP contribution in [-0.2, 0) is 6.42 Å². The van der Waals surface area contributed by atoms with Crippen LogP contribution in [0, 0.1) is 0 Å². The Labute approximate surface area is 89.4 Å². The summed E-state index contributed by atoms with van der Waals surface area (Å²) in [5.74, 6) is 0.187. The van der Waals surface area contributed by atoms with E-state index in [0.717, 1.165) is 18.5 Å². The van der Waals surface area contributed by atoms with Crippen molar-refractivity contribution >= 4 is 17.6 Å². The zero-order chi connectivity index (χ0) is 10.4. The summed E-state index contributed by atoms with van der Waals surface area (Å²) in [6.07, 6.45) is 1.44. The summed E-state index contributed by atoms with van der Waals surface area (Å²) < 4.78 is 0. The van der Waals surface area contributed by atoms with Gasteiger partial charge in [0.1, 0.15) is 0 Å². The molecular formula is C11H14ClNO. The van der Waals surface area contributed by atoms with Gasteiger partial charge in [0.2, 0.25) is 0 Å². The average molecular weight is 212 g/mol. The summed E-state index contributed by atoms with van der Waals surface area (Å²) in [6.45, 7) is 2.61. The van der Waals surface area contributed by atoms with Crippen molar-refractivity contribution in [1.82, 2.24) is 4.84 Å². The Balaban J connectivity index is 2.63. The van der Waals surface area contributed by atoms with Gasteiger partial charge in [0.05, 0.1) is 0 Å². The van der Waals surface area contributed by atoms with E-state index in [4.69, 9.17) is 11.8 Å². The second-order valence-electron chi connectivity index (χ2n) is 3.11. The number of benzene rings is 1. The number of ketones is 1. The molecule has 0 amide bonds. The van der Waals surface area contributed by atoms with Crippen LogP contribution >= 0.6 is 11.8 Å². The van der Waals surface area contributed by atoms with Crippen molar-refractivity contribution in [3.05, 3.63) is 35.4 Å². The van der Waals surface area contributed by atoms with Gasteiger partial charge in [0, 0.05) is 18.5 Å². The molecular weight excluding hydrogens is 198 g/mol. The van der Waals surface area contributed by atoms with Crippen molar-refractivity contribution in [2.24, 2.45) is 0 Å². The van der Waals surface area contributed by atoms with Crippen LogP contribution in [0.25, 0.3) is 0 Å². The number of carbonyl (C=O) groups excluding carboxylic acids is 1. The molecule has 0 saturated heterocycles. The highest BCUT2D eigenvalue weighted by Gasteiger charge is 2.01. The lowest BCUT2D eigenvalue weighted by Gasteiger charge is -2.01. The first kappa shape index (κ1) is 11.2. The molecule has 1 aromatic carbocycles. The molecule has 2 nitrogen and oxygen atoms in total. The Bertz CT molecular complexity index is 295. The molecule has 3 heteroatoms. The van der Waals surface area contributed by atoms with Crippen LogP contribution in [0.3, 0.4) is 0 Å². The van der Waals surface area contributed by atoms with Gasteiger partial charge in [-0.2, -0.15) is 0 Å². The number of hydrogen-bond donors (Lipinski definition) is 1. The molecule has 1 rings (SSSR count). The molecule has 0 saturated carbocycles. The molecule has 1 N–H and O–H groups in total. The molecule has 0 fully saturated rings. The normalized spacial score (nSPS) is 10.1. The van der Waals surface area contributed by atoms with E-state index >= 15 is 0 Å². The molecule has 0 atom stereocenters. The third-order valence-electron chi connectivity index (χ3n) is 2.11. The van der Waals surface area contributed by atoms with Gasteiger partial charge in [-0.15, -0.1) is 0 Å². The van der Waals surface area contributed by atoms with E-state index in [9.17, 15) is 4.79 Å². The van der Waals surface area contributed by atoms with Gasteiger partial charge in [-0.05, 0) is 23.8 Å². The SMILES string of the molecule is CCC(=O)c1ccc(CCNCl)cc1. The summed E-state index contributed by atoms with van der Waals surface area (Å²) in [5, 5.41) is 0. The molecule has 0 heterocycles.